The molecule has 1 aliphatic heterocycles. The molecule has 1 unspecified atom stereocenters. The average Bonchev–Trinajstić information content (AvgIpc) is 2.54. The van der Waals surface area contributed by atoms with E-state index in [1.165, 1.54) is 0 Å². The highest BCUT2D eigenvalue weighted by Crippen LogP contribution is 2.22. The number of fused-ring (bicyclic) bond motifs is 1. The van der Waals surface area contributed by atoms with Gasteiger partial charge in [0.15, 0.2) is 0 Å². The van der Waals surface area contributed by atoms with Gasteiger partial charge in [-0.25, -0.2) is 4.79 Å². The van der Waals surface area contributed by atoms with Crippen molar-refractivity contribution in [1.82, 2.24) is 4.90 Å². The van der Waals surface area contributed by atoms with Crippen molar-refractivity contribution in [2.24, 2.45) is 5.73 Å². The van der Waals surface area contributed by atoms with Crippen molar-refractivity contribution in [1.29, 1.82) is 0 Å². The second-order valence-electron chi connectivity index (χ2n) is 4.01. The van der Waals surface area contributed by atoms with Gasteiger partial charge in [0.25, 0.3) is 11.8 Å². The minimum absolute atomic E-state index is 0.00468. The number of ether oxygens (including phenoxy) is 1. The van der Waals surface area contributed by atoms with Crippen molar-refractivity contribution in [3.63, 3.8) is 0 Å². The van der Waals surface area contributed by atoms with Crippen LogP contribution in [0.5, 0.6) is 0 Å². The van der Waals surface area contributed by atoms with Crippen molar-refractivity contribution in [3.8, 4) is 0 Å². The Kier molecular flexibility index (Phi) is 3.01. The van der Waals surface area contributed by atoms with Crippen LogP contribution in [-0.4, -0.2) is 35.5 Å². The molecule has 1 aliphatic rings. The third-order valence-corrected chi connectivity index (χ3v) is 2.64. The molecular weight excluding hydrogens is 236 g/mol. The van der Waals surface area contributed by atoms with Crippen LogP contribution in [-0.2, 0) is 4.74 Å². The molecule has 0 bridgehead atoms. The number of primary amides is 1. The Morgan fingerprint density at radius 3 is 2.22 bits per heavy atom. The molecule has 1 heterocycles. The number of carbonyl (C=O) groups is 3. The highest BCUT2D eigenvalue weighted by molar-refractivity contribution is 6.21. The number of benzene rings is 1. The highest BCUT2D eigenvalue weighted by atomic mass is 16.6. The number of hydrogen-bond donors (Lipinski definition) is 1. The molecule has 2 N–H and O–H groups in total. The van der Waals surface area contributed by atoms with Gasteiger partial charge in [0.2, 0.25) is 0 Å². The Hall–Kier alpha value is -2.37. The normalized spacial score (nSPS) is 15.5. The van der Waals surface area contributed by atoms with E-state index in [-0.39, 0.29) is 18.4 Å². The van der Waals surface area contributed by atoms with Crippen LogP contribution in [0.3, 0.4) is 0 Å². The number of rotatable bonds is 3. The molecule has 1 aromatic carbocycles. The molecule has 0 aromatic heterocycles. The molecule has 0 spiro atoms. The molecule has 6 heteroatoms. The zero-order valence-corrected chi connectivity index (χ0v) is 9.75. The topological polar surface area (TPSA) is 89.7 Å². The summed E-state index contributed by atoms with van der Waals surface area (Å²) in [7, 11) is 0. The van der Waals surface area contributed by atoms with E-state index >= 15 is 0 Å². The van der Waals surface area contributed by atoms with E-state index in [0.717, 1.165) is 4.90 Å². The second kappa shape index (κ2) is 4.48. The first-order valence-corrected chi connectivity index (χ1v) is 5.42. The van der Waals surface area contributed by atoms with E-state index in [2.05, 4.69) is 0 Å². The van der Waals surface area contributed by atoms with Crippen LogP contribution < -0.4 is 5.73 Å². The largest absolute Gasteiger partial charge is 0.445 e. The van der Waals surface area contributed by atoms with Crippen molar-refractivity contribution >= 4 is 17.9 Å². The lowest BCUT2D eigenvalue weighted by molar-refractivity contribution is 0.0519. The summed E-state index contributed by atoms with van der Waals surface area (Å²) >= 11 is 0. The van der Waals surface area contributed by atoms with Gasteiger partial charge in [-0.15, -0.1) is 0 Å². The first-order chi connectivity index (χ1) is 8.50. The molecule has 0 saturated carbocycles. The Balaban J connectivity index is 2.16. The van der Waals surface area contributed by atoms with E-state index in [0.29, 0.717) is 11.1 Å². The first kappa shape index (κ1) is 12.1. The summed E-state index contributed by atoms with van der Waals surface area (Å²) in [5.41, 5.74) is 5.61. The maximum absolute atomic E-state index is 12.0. The van der Waals surface area contributed by atoms with Gasteiger partial charge in [0.1, 0.15) is 6.10 Å². The van der Waals surface area contributed by atoms with Gasteiger partial charge < -0.3 is 10.5 Å². The monoisotopic (exact) mass is 248 g/mol. The minimum atomic E-state index is -0.931. The van der Waals surface area contributed by atoms with Crippen molar-refractivity contribution < 1.29 is 19.1 Å². The predicted octanol–water partition coefficient (Wildman–Crippen LogP) is 0.766. The summed E-state index contributed by atoms with van der Waals surface area (Å²) in [5, 5.41) is 0. The van der Waals surface area contributed by atoms with Crippen LogP contribution in [0, 0.1) is 0 Å². The fraction of sp³-hybridized carbons (Fsp3) is 0.250. The number of nitrogens with zero attached hydrogens (tertiary/aromatic N) is 1. The van der Waals surface area contributed by atoms with Crippen LogP contribution in [0.4, 0.5) is 4.79 Å². The Morgan fingerprint density at radius 1 is 1.28 bits per heavy atom. The third kappa shape index (κ3) is 2.04. The molecule has 0 radical (unpaired) electrons. The van der Waals surface area contributed by atoms with Crippen LogP contribution in [0.2, 0.25) is 0 Å². The highest BCUT2D eigenvalue weighted by Gasteiger charge is 2.36. The summed E-state index contributed by atoms with van der Waals surface area (Å²) in [4.78, 5) is 35.6. The van der Waals surface area contributed by atoms with Gasteiger partial charge in [-0.3, -0.25) is 14.5 Å². The zero-order valence-electron chi connectivity index (χ0n) is 9.75. The lowest BCUT2D eigenvalue weighted by atomic mass is 10.1. The molecule has 1 atom stereocenters. The fourth-order valence-corrected chi connectivity index (χ4v) is 1.90. The summed E-state index contributed by atoms with van der Waals surface area (Å²) in [6.45, 7) is 1.56. The summed E-state index contributed by atoms with van der Waals surface area (Å²) in [6.07, 6.45) is -1.57. The molecule has 0 fully saturated rings. The molecule has 94 valence electrons. The zero-order chi connectivity index (χ0) is 13.3. The number of imide groups is 1. The van der Waals surface area contributed by atoms with Crippen molar-refractivity contribution in [2.45, 2.75) is 13.0 Å². The van der Waals surface area contributed by atoms with Gasteiger partial charge >= 0.3 is 6.09 Å². The molecule has 0 saturated heterocycles. The molecule has 18 heavy (non-hydrogen) atoms. The SMILES string of the molecule is CC(CN1C(=O)c2ccccc2C1=O)OC(N)=O. The van der Waals surface area contributed by atoms with Crippen LogP contribution in [0.15, 0.2) is 24.3 Å². The van der Waals surface area contributed by atoms with E-state index in [4.69, 9.17) is 10.5 Å². The van der Waals surface area contributed by atoms with Crippen molar-refractivity contribution in [2.75, 3.05) is 6.54 Å². The maximum atomic E-state index is 12.0. The van der Waals surface area contributed by atoms with Crippen LogP contribution >= 0.6 is 0 Å². The van der Waals surface area contributed by atoms with Crippen LogP contribution in [0.1, 0.15) is 27.6 Å². The standard InChI is InChI=1S/C12H12N2O4/c1-7(18-12(13)17)6-14-10(15)8-4-2-3-5-9(8)11(14)16/h2-5,7H,6H2,1H3,(H2,13,17). The summed E-state index contributed by atoms with van der Waals surface area (Å²) in [5.74, 6) is -0.758. The molecule has 1 aromatic rings. The lowest BCUT2D eigenvalue weighted by Crippen LogP contribution is -2.38. The third-order valence-electron chi connectivity index (χ3n) is 2.64. The van der Waals surface area contributed by atoms with Gasteiger partial charge in [-0.1, -0.05) is 12.1 Å². The van der Waals surface area contributed by atoms with E-state index < -0.39 is 12.2 Å². The average molecular weight is 248 g/mol. The van der Waals surface area contributed by atoms with Crippen molar-refractivity contribution in [3.05, 3.63) is 35.4 Å². The van der Waals surface area contributed by atoms with E-state index in [9.17, 15) is 14.4 Å². The van der Waals surface area contributed by atoms with E-state index in [1.807, 2.05) is 0 Å². The molecule has 6 nitrogen and oxygen atoms in total. The Bertz CT molecular complexity index is 492. The first-order valence-electron chi connectivity index (χ1n) is 5.42. The Labute approximate surface area is 103 Å². The molecular formula is C12H12N2O4. The number of amides is 3. The van der Waals surface area contributed by atoms with Crippen LogP contribution in [0.25, 0.3) is 0 Å². The minimum Gasteiger partial charge on any atom is -0.445 e. The lowest BCUT2D eigenvalue weighted by Gasteiger charge is -2.18. The van der Waals surface area contributed by atoms with Gasteiger partial charge in [-0.2, -0.15) is 0 Å². The molecule has 3 amide bonds. The van der Waals surface area contributed by atoms with E-state index in [1.54, 1.807) is 31.2 Å². The molecule has 2 rings (SSSR count). The number of hydrogen-bond acceptors (Lipinski definition) is 4. The quantitative estimate of drug-likeness (QED) is 0.800. The smallest absolute Gasteiger partial charge is 0.404 e. The number of carbonyl (C=O) groups excluding carboxylic acids is 3. The van der Waals surface area contributed by atoms with Gasteiger partial charge in [-0.05, 0) is 19.1 Å². The summed E-state index contributed by atoms with van der Waals surface area (Å²) in [6, 6.07) is 6.57. The maximum Gasteiger partial charge on any atom is 0.404 e. The fourth-order valence-electron chi connectivity index (χ4n) is 1.90. The molecule has 0 aliphatic carbocycles. The van der Waals surface area contributed by atoms with Gasteiger partial charge in [0.05, 0.1) is 17.7 Å². The predicted molar refractivity (Wildman–Crippen MR) is 61.9 cm³/mol. The number of nitrogens with two attached hydrogens (primary N) is 1. The Morgan fingerprint density at radius 2 is 1.78 bits per heavy atom. The summed E-state index contributed by atoms with van der Waals surface area (Å²) < 4.78 is 4.70. The second-order valence-corrected chi connectivity index (χ2v) is 4.01. The van der Waals surface area contributed by atoms with Gasteiger partial charge in [0, 0.05) is 0 Å².